The standard InChI is InChI=1S/C19H23N3OS/c1-20-13-18(23)22(16-6-3-2-4-7-16)15-19(20)9-10-21(14-19)12-17-8-5-11-24-17/h2-8,11H,9-10,12-15H2,1H3/t19-/m0/s1. The normalized spacial score (nSPS) is 25.7. The second-order valence-electron chi connectivity index (χ2n) is 6.94. The number of thiophene rings is 1. The number of hydrogen-bond donors (Lipinski definition) is 0. The Morgan fingerprint density at radius 3 is 2.71 bits per heavy atom. The van der Waals surface area contributed by atoms with E-state index in [0.29, 0.717) is 6.54 Å². The predicted octanol–water partition coefficient (Wildman–Crippen LogP) is 2.67. The van der Waals surface area contributed by atoms with Gasteiger partial charge in [0, 0.05) is 36.7 Å². The molecule has 1 aromatic carbocycles. The van der Waals surface area contributed by atoms with Crippen LogP contribution in [-0.4, -0.2) is 54.5 Å². The molecule has 3 heterocycles. The fourth-order valence-corrected chi connectivity index (χ4v) is 4.69. The zero-order valence-electron chi connectivity index (χ0n) is 14.0. The summed E-state index contributed by atoms with van der Waals surface area (Å²) in [6.45, 7) is 4.43. The largest absolute Gasteiger partial charge is 0.309 e. The van der Waals surface area contributed by atoms with Crippen molar-refractivity contribution in [3.63, 3.8) is 0 Å². The Labute approximate surface area is 147 Å². The first kappa shape index (κ1) is 15.8. The van der Waals surface area contributed by atoms with Gasteiger partial charge in [0.25, 0.3) is 0 Å². The lowest BCUT2D eigenvalue weighted by Gasteiger charge is -2.47. The van der Waals surface area contributed by atoms with Crippen molar-refractivity contribution in [1.29, 1.82) is 0 Å². The van der Waals surface area contributed by atoms with Crippen molar-refractivity contribution in [3.8, 4) is 0 Å². The van der Waals surface area contributed by atoms with Gasteiger partial charge in [0.1, 0.15) is 0 Å². The van der Waals surface area contributed by atoms with Crippen LogP contribution in [0.15, 0.2) is 47.8 Å². The summed E-state index contributed by atoms with van der Waals surface area (Å²) in [7, 11) is 2.11. The Morgan fingerprint density at radius 1 is 1.12 bits per heavy atom. The van der Waals surface area contributed by atoms with E-state index in [2.05, 4.69) is 34.4 Å². The summed E-state index contributed by atoms with van der Waals surface area (Å²) < 4.78 is 0. The third kappa shape index (κ3) is 2.88. The number of anilines is 1. The molecule has 126 valence electrons. The molecule has 0 bridgehead atoms. The molecule has 24 heavy (non-hydrogen) atoms. The van der Waals surface area contributed by atoms with Crippen LogP contribution in [0.1, 0.15) is 11.3 Å². The van der Waals surface area contributed by atoms with Gasteiger partial charge in [-0.15, -0.1) is 11.3 Å². The number of amides is 1. The molecule has 1 atom stereocenters. The first-order valence-electron chi connectivity index (χ1n) is 8.48. The zero-order valence-corrected chi connectivity index (χ0v) is 14.8. The van der Waals surface area contributed by atoms with Crippen molar-refractivity contribution in [1.82, 2.24) is 9.80 Å². The van der Waals surface area contributed by atoms with E-state index >= 15 is 0 Å². The third-order valence-electron chi connectivity index (χ3n) is 5.37. The Hall–Kier alpha value is -1.69. The molecule has 1 spiro atoms. The molecule has 1 aromatic heterocycles. The Balaban J connectivity index is 1.52. The maximum absolute atomic E-state index is 12.6. The van der Waals surface area contributed by atoms with E-state index in [1.807, 2.05) is 46.6 Å². The van der Waals surface area contributed by atoms with Crippen molar-refractivity contribution in [3.05, 3.63) is 52.7 Å². The van der Waals surface area contributed by atoms with E-state index < -0.39 is 0 Å². The van der Waals surface area contributed by atoms with Crippen LogP contribution in [0.25, 0.3) is 0 Å². The minimum Gasteiger partial charge on any atom is -0.309 e. The van der Waals surface area contributed by atoms with Crippen molar-refractivity contribution in [2.75, 3.05) is 38.1 Å². The summed E-state index contributed by atoms with van der Waals surface area (Å²) in [5, 5.41) is 2.14. The van der Waals surface area contributed by atoms with Gasteiger partial charge < -0.3 is 4.90 Å². The summed E-state index contributed by atoms with van der Waals surface area (Å²) in [6.07, 6.45) is 1.12. The van der Waals surface area contributed by atoms with Crippen LogP contribution in [0, 0.1) is 0 Å². The Kier molecular flexibility index (Phi) is 4.16. The van der Waals surface area contributed by atoms with Crippen LogP contribution in [0.5, 0.6) is 0 Å². The van der Waals surface area contributed by atoms with Gasteiger partial charge in [0.05, 0.1) is 12.1 Å². The molecule has 0 unspecified atom stereocenters. The summed E-state index contributed by atoms with van der Waals surface area (Å²) >= 11 is 1.82. The predicted molar refractivity (Wildman–Crippen MR) is 98.4 cm³/mol. The van der Waals surface area contributed by atoms with Crippen LogP contribution in [0.3, 0.4) is 0 Å². The maximum atomic E-state index is 12.6. The van der Waals surface area contributed by atoms with Crippen LogP contribution >= 0.6 is 11.3 Å². The number of likely N-dealkylation sites (N-methyl/N-ethyl adjacent to an activating group) is 1. The highest BCUT2D eigenvalue weighted by molar-refractivity contribution is 7.09. The van der Waals surface area contributed by atoms with Crippen molar-refractivity contribution in [2.24, 2.45) is 0 Å². The number of benzene rings is 1. The quantitative estimate of drug-likeness (QED) is 0.859. The first-order valence-corrected chi connectivity index (χ1v) is 9.36. The lowest BCUT2D eigenvalue weighted by molar-refractivity contribution is -0.123. The van der Waals surface area contributed by atoms with Gasteiger partial charge in [-0.2, -0.15) is 0 Å². The van der Waals surface area contributed by atoms with Crippen LogP contribution in [0.2, 0.25) is 0 Å². The second-order valence-corrected chi connectivity index (χ2v) is 7.97. The van der Waals surface area contributed by atoms with E-state index in [1.165, 1.54) is 4.88 Å². The average Bonchev–Trinajstić information content (AvgIpc) is 3.23. The van der Waals surface area contributed by atoms with Gasteiger partial charge >= 0.3 is 0 Å². The summed E-state index contributed by atoms with van der Waals surface area (Å²) in [6, 6.07) is 14.4. The lowest BCUT2D eigenvalue weighted by Crippen LogP contribution is -2.64. The Morgan fingerprint density at radius 2 is 1.96 bits per heavy atom. The number of nitrogens with zero attached hydrogens (tertiary/aromatic N) is 3. The van der Waals surface area contributed by atoms with E-state index in [-0.39, 0.29) is 11.4 Å². The molecule has 2 aromatic rings. The smallest absolute Gasteiger partial charge is 0.241 e. The number of piperazine rings is 1. The fraction of sp³-hybridized carbons (Fsp3) is 0.421. The topological polar surface area (TPSA) is 26.8 Å². The summed E-state index contributed by atoms with van der Waals surface area (Å²) in [4.78, 5) is 20.8. The highest BCUT2D eigenvalue weighted by Crippen LogP contribution is 2.34. The molecule has 0 aliphatic carbocycles. The molecule has 2 aliphatic rings. The van der Waals surface area contributed by atoms with Crippen LogP contribution in [-0.2, 0) is 11.3 Å². The Bertz CT molecular complexity index is 703. The van der Waals surface area contributed by atoms with Gasteiger partial charge in [-0.05, 0) is 37.0 Å². The minimum absolute atomic E-state index is 0.0704. The molecule has 2 saturated heterocycles. The molecule has 5 heteroatoms. The van der Waals surface area contributed by atoms with Crippen molar-refractivity contribution < 1.29 is 4.79 Å². The molecule has 2 fully saturated rings. The molecule has 2 aliphatic heterocycles. The molecule has 0 N–H and O–H groups in total. The van der Waals surface area contributed by atoms with Gasteiger partial charge in [-0.1, -0.05) is 24.3 Å². The maximum Gasteiger partial charge on any atom is 0.241 e. The average molecular weight is 341 g/mol. The number of para-hydroxylation sites is 1. The van der Waals surface area contributed by atoms with Gasteiger partial charge in [-0.3, -0.25) is 14.6 Å². The van der Waals surface area contributed by atoms with Gasteiger partial charge in [-0.25, -0.2) is 0 Å². The number of likely N-dealkylation sites (tertiary alicyclic amines) is 1. The van der Waals surface area contributed by atoms with Crippen LogP contribution in [0.4, 0.5) is 5.69 Å². The summed E-state index contributed by atoms with van der Waals surface area (Å²) in [5.74, 6) is 0.200. The number of rotatable bonds is 3. The molecule has 4 nitrogen and oxygen atoms in total. The fourth-order valence-electron chi connectivity index (χ4n) is 3.94. The first-order chi connectivity index (χ1) is 11.7. The molecular formula is C19H23N3OS. The highest BCUT2D eigenvalue weighted by atomic mass is 32.1. The van der Waals surface area contributed by atoms with Crippen molar-refractivity contribution >= 4 is 22.9 Å². The van der Waals surface area contributed by atoms with E-state index in [9.17, 15) is 4.79 Å². The number of carbonyl (C=O) groups excluding carboxylic acids is 1. The van der Waals surface area contributed by atoms with E-state index in [4.69, 9.17) is 0 Å². The molecule has 1 amide bonds. The molecule has 0 radical (unpaired) electrons. The van der Waals surface area contributed by atoms with E-state index in [1.54, 1.807) is 0 Å². The minimum atomic E-state index is 0.0704. The monoisotopic (exact) mass is 341 g/mol. The highest BCUT2D eigenvalue weighted by Gasteiger charge is 2.47. The second kappa shape index (κ2) is 6.31. The number of carbonyl (C=O) groups is 1. The summed E-state index contributed by atoms with van der Waals surface area (Å²) in [5.41, 5.74) is 1.09. The van der Waals surface area contributed by atoms with Crippen LogP contribution < -0.4 is 4.90 Å². The lowest BCUT2D eigenvalue weighted by atomic mass is 9.92. The SMILES string of the molecule is CN1CC(=O)N(c2ccccc2)C[C@@]12CCN(Cc1cccs1)C2. The van der Waals surface area contributed by atoms with Crippen molar-refractivity contribution in [2.45, 2.75) is 18.5 Å². The number of hydrogen-bond acceptors (Lipinski definition) is 4. The molecule has 0 saturated carbocycles. The third-order valence-corrected chi connectivity index (χ3v) is 6.24. The molecule has 4 rings (SSSR count). The van der Waals surface area contributed by atoms with Gasteiger partial charge in [0.15, 0.2) is 0 Å². The molecular weight excluding hydrogens is 318 g/mol. The zero-order chi connectivity index (χ0) is 16.6. The van der Waals surface area contributed by atoms with Gasteiger partial charge in [0.2, 0.25) is 5.91 Å². The van der Waals surface area contributed by atoms with E-state index in [0.717, 1.165) is 38.3 Å².